The monoisotopic (exact) mass is 674 g/mol. The molecule has 0 radical (unpaired) electrons. The number of aliphatic carboxylic acids is 2. The zero-order chi connectivity index (χ0) is 36.7. The normalized spacial score (nSPS) is 16.1. The molecule has 22 heteroatoms. The van der Waals surface area contributed by atoms with Crippen LogP contribution in [0.4, 0.5) is 0 Å². The fraction of sp³-hybridized carbons (Fsp3) is 0.783. The molecule has 0 rings (SSSR count). The highest BCUT2D eigenvalue weighted by Crippen LogP contribution is 1.99. The van der Waals surface area contributed by atoms with Crippen LogP contribution in [0.3, 0.4) is 0 Å². The highest BCUT2D eigenvalue weighted by molar-refractivity contribution is 6.32. The van der Waals surface area contributed by atoms with E-state index in [1.54, 1.807) is 0 Å². The maximum Gasteiger partial charge on any atom is 0.372 e. The molecular formula is C23H46O22. The van der Waals surface area contributed by atoms with Crippen LogP contribution in [-0.2, 0) is 24.0 Å². The van der Waals surface area contributed by atoms with Crippen molar-refractivity contribution in [3.8, 4) is 0 Å². The number of carbonyl (C=O) groups excluding carboxylic acids is 3. The number of ketones is 1. The molecule has 0 aromatic heterocycles. The van der Waals surface area contributed by atoms with Crippen molar-refractivity contribution >= 4 is 30.3 Å². The van der Waals surface area contributed by atoms with Crippen LogP contribution in [0, 0.1) is 0 Å². The Labute approximate surface area is 255 Å². The summed E-state index contributed by atoms with van der Waals surface area (Å²) < 4.78 is 0. The Morgan fingerprint density at radius 3 is 1.24 bits per heavy atom. The average molecular weight is 675 g/mol. The molecule has 0 saturated carbocycles. The van der Waals surface area contributed by atoms with E-state index in [2.05, 4.69) is 0 Å². The number of aliphatic hydroxyl groups excluding tert-OH is 15. The van der Waals surface area contributed by atoms with Crippen molar-refractivity contribution in [2.75, 3.05) is 39.6 Å². The summed E-state index contributed by atoms with van der Waals surface area (Å²) in [6.45, 7) is -2.75. The van der Waals surface area contributed by atoms with Crippen LogP contribution >= 0.6 is 0 Å². The molecule has 270 valence electrons. The maximum atomic E-state index is 10.2. The number of carbonyl (C=O) groups is 5. The summed E-state index contributed by atoms with van der Waals surface area (Å²) in [5, 5.41) is 142. The van der Waals surface area contributed by atoms with Gasteiger partial charge in [-0.3, -0.25) is 4.79 Å². The minimum absolute atomic E-state index is 0.0243. The van der Waals surface area contributed by atoms with Crippen LogP contribution in [0.5, 0.6) is 0 Å². The van der Waals surface area contributed by atoms with Gasteiger partial charge in [-0.25, -0.2) is 9.59 Å². The molecule has 9 atom stereocenters. The van der Waals surface area contributed by atoms with Gasteiger partial charge in [-0.2, -0.15) is 0 Å². The molecule has 0 fully saturated rings. The van der Waals surface area contributed by atoms with Gasteiger partial charge in [0.15, 0.2) is 12.4 Å². The molecule has 0 aliphatic rings. The summed E-state index contributed by atoms with van der Waals surface area (Å²) in [6.07, 6.45) is -12.8. The lowest BCUT2D eigenvalue weighted by molar-refractivity contribution is -0.159. The molecule has 0 saturated heterocycles. The van der Waals surface area contributed by atoms with Crippen molar-refractivity contribution < 1.29 is 111 Å². The smallest absolute Gasteiger partial charge is 0.372 e. The Morgan fingerprint density at radius 1 is 0.578 bits per heavy atom. The van der Waals surface area contributed by atoms with Gasteiger partial charge in [0.25, 0.3) is 0 Å². The topological polar surface area (TPSA) is 429 Å². The first-order valence-electron chi connectivity index (χ1n) is 12.5. The lowest BCUT2D eigenvalue weighted by Crippen LogP contribution is -2.43. The SMILES string of the molecule is O=C(O)C(=O)CC(O)CO.O=C(O)[C@H](O)[C@@H](O)C(O)CO.O=CCC(O)CO.O=C[C@H](O)[C@@H](O)C(O)CO.OCCC(O)CO. The molecule has 0 spiro atoms. The lowest BCUT2D eigenvalue weighted by atomic mass is 10.1. The molecule has 22 nitrogen and oxygen atoms in total. The number of aldehydes is 2. The molecule has 0 bridgehead atoms. The summed E-state index contributed by atoms with van der Waals surface area (Å²) in [5.41, 5.74) is 0. The number of carboxylic acid groups (broad SMARTS) is 2. The van der Waals surface area contributed by atoms with Gasteiger partial charge in [0.05, 0.1) is 51.3 Å². The number of rotatable bonds is 18. The summed E-state index contributed by atoms with van der Waals surface area (Å²) in [7, 11) is 0. The van der Waals surface area contributed by atoms with Crippen molar-refractivity contribution in [1.29, 1.82) is 0 Å². The van der Waals surface area contributed by atoms with E-state index in [0.29, 0.717) is 6.29 Å². The highest BCUT2D eigenvalue weighted by Gasteiger charge is 2.29. The minimum Gasteiger partial charge on any atom is -0.479 e. The van der Waals surface area contributed by atoms with Crippen molar-refractivity contribution in [3.05, 3.63) is 0 Å². The van der Waals surface area contributed by atoms with Crippen LogP contribution in [0.15, 0.2) is 0 Å². The van der Waals surface area contributed by atoms with Crippen molar-refractivity contribution in [2.24, 2.45) is 0 Å². The average Bonchev–Trinajstić information content (AvgIpc) is 3.03. The van der Waals surface area contributed by atoms with Crippen LogP contribution in [-0.4, -0.2) is 212 Å². The van der Waals surface area contributed by atoms with Crippen molar-refractivity contribution in [2.45, 2.75) is 74.2 Å². The Bertz CT molecular complexity index is 738. The summed E-state index contributed by atoms with van der Waals surface area (Å²) >= 11 is 0. The van der Waals surface area contributed by atoms with E-state index in [4.69, 9.17) is 86.8 Å². The molecule has 0 aromatic rings. The van der Waals surface area contributed by atoms with Crippen LogP contribution in [0.2, 0.25) is 0 Å². The van der Waals surface area contributed by atoms with E-state index >= 15 is 0 Å². The van der Waals surface area contributed by atoms with Gasteiger partial charge in [-0.1, -0.05) is 0 Å². The second kappa shape index (κ2) is 34.2. The second-order valence-electron chi connectivity index (χ2n) is 8.25. The molecule has 0 aliphatic heterocycles. The number of hydrogen-bond donors (Lipinski definition) is 17. The molecule has 0 aromatic carbocycles. The molecule has 0 amide bonds. The number of hydrogen-bond acceptors (Lipinski definition) is 20. The fourth-order valence-corrected chi connectivity index (χ4v) is 1.67. The van der Waals surface area contributed by atoms with Crippen LogP contribution in [0.25, 0.3) is 0 Å². The summed E-state index contributed by atoms with van der Waals surface area (Å²) in [6, 6.07) is 0. The van der Waals surface area contributed by atoms with E-state index in [1.807, 2.05) is 0 Å². The van der Waals surface area contributed by atoms with Gasteiger partial charge in [0, 0.05) is 19.4 Å². The third kappa shape index (κ3) is 34.1. The van der Waals surface area contributed by atoms with E-state index in [0.717, 1.165) is 0 Å². The number of carboxylic acids is 2. The molecule has 0 aliphatic carbocycles. The molecule has 0 heterocycles. The number of Topliss-reactive ketones (excluding diaryl/α,β-unsaturated/α-hetero) is 1. The third-order valence-electron chi connectivity index (χ3n) is 4.35. The van der Waals surface area contributed by atoms with Crippen LogP contribution < -0.4 is 0 Å². The predicted molar refractivity (Wildman–Crippen MR) is 143 cm³/mol. The molecule has 17 N–H and O–H groups in total. The van der Waals surface area contributed by atoms with E-state index in [-0.39, 0.29) is 38.9 Å². The Hall–Kier alpha value is -2.65. The van der Waals surface area contributed by atoms with Gasteiger partial charge in [0.1, 0.15) is 36.8 Å². The Balaban J connectivity index is -0.000000150. The van der Waals surface area contributed by atoms with E-state index < -0.39 is 98.9 Å². The molecule has 5 unspecified atom stereocenters. The third-order valence-corrected chi connectivity index (χ3v) is 4.35. The largest absolute Gasteiger partial charge is 0.479 e. The fourth-order valence-electron chi connectivity index (χ4n) is 1.67. The van der Waals surface area contributed by atoms with Gasteiger partial charge in [-0.15, -0.1) is 0 Å². The van der Waals surface area contributed by atoms with Crippen LogP contribution in [0.1, 0.15) is 19.3 Å². The summed E-state index contributed by atoms with van der Waals surface area (Å²) in [5.74, 6) is -4.33. The first-order valence-corrected chi connectivity index (χ1v) is 12.5. The minimum atomic E-state index is -2.07. The number of aliphatic hydroxyl groups is 15. The molecular weight excluding hydrogens is 628 g/mol. The van der Waals surface area contributed by atoms with E-state index in [1.165, 1.54) is 0 Å². The van der Waals surface area contributed by atoms with Gasteiger partial charge in [0.2, 0.25) is 5.78 Å². The van der Waals surface area contributed by atoms with Gasteiger partial charge >= 0.3 is 11.9 Å². The zero-order valence-electron chi connectivity index (χ0n) is 23.9. The lowest BCUT2D eigenvalue weighted by Gasteiger charge is -2.17. The maximum absolute atomic E-state index is 10.2. The van der Waals surface area contributed by atoms with Gasteiger partial charge < -0.3 is 96.4 Å². The predicted octanol–water partition coefficient (Wildman–Crippen LogP) is -9.56. The van der Waals surface area contributed by atoms with E-state index in [9.17, 15) is 24.0 Å². The quantitative estimate of drug-likeness (QED) is 0.0474. The van der Waals surface area contributed by atoms with Crippen molar-refractivity contribution in [1.82, 2.24) is 0 Å². The van der Waals surface area contributed by atoms with Crippen molar-refractivity contribution in [3.63, 3.8) is 0 Å². The Morgan fingerprint density at radius 2 is 1.00 bits per heavy atom. The molecule has 45 heavy (non-hydrogen) atoms. The second-order valence-corrected chi connectivity index (χ2v) is 8.25. The summed E-state index contributed by atoms with van der Waals surface area (Å²) in [4.78, 5) is 49.3. The van der Waals surface area contributed by atoms with Gasteiger partial charge in [-0.05, 0) is 6.42 Å². The Kier molecular flexibility index (Phi) is 39.5. The zero-order valence-corrected chi connectivity index (χ0v) is 23.9. The first kappa shape index (κ1) is 51.9. The standard InChI is InChI=1S/C5H10O6.C5H10O5.C5H8O5.C4H10O3.C4H8O3/c6-1-2(7)3(8)4(9)5(10)11;6-1-3(8)5(10)4(9)2-7;6-2-3(7)1-4(8)5(9)10;2*5-2-1-4(7)3-6/h2-4,6-9H,1H2,(H,10,11);1,3-5,7-10H,2H2;3,6-7H,1-2H2,(H,9,10);4-7H,1-3H2;2,4,6-7H,1,3H2/t2?,3-,4+;3-,4?,5+;;;/m00.../s1. The highest BCUT2D eigenvalue weighted by atomic mass is 16.4. The first-order chi connectivity index (χ1) is 20.8.